The quantitative estimate of drug-likeness (QED) is 0.615. The Bertz CT molecular complexity index is 997. The van der Waals surface area contributed by atoms with Crippen LogP contribution in [0.2, 0.25) is 0 Å². The molecule has 1 aliphatic carbocycles. The molecule has 2 N–H and O–H groups in total. The molecule has 1 amide bonds. The molecule has 0 aliphatic heterocycles. The molecular weight excluding hydrogens is 356 g/mol. The molecule has 2 heterocycles. The Hall–Kier alpha value is -2.40. The van der Waals surface area contributed by atoms with Crippen LogP contribution < -0.4 is 10.7 Å². The lowest BCUT2D eigenvalue weighted by atomic mass is 9.85. The number of aromatic nitrogens is 1. The van der Waals surface area contributed by atoms with E-state index < -0.39 is 0 Å². The van der Waals surface area contributed by atoms with E-state index in [1.165, 1.54) is 55.2 Å². The van der Waals surface area contributed by atoms with Crippen LogP contribution in [0.1, 0.15) is 66.8 Å². The molecule has 27 heavy (non-hydrogen) atoms. The number of fused-ring (bicyclic) bond motifs is 1. The molecule has 3 aromatic rings. The molecule has 2 aromatic heterocycles. The molecule has 0 bridgehead atoms. The third-order valence-corrected chi connectivity index (χ3v) is 6.40. The van der Waals surface area contributed by atoms with Crippen molar-refractivity contribution in [1.29, 1.82) is 0 Å². The molecule has 0 atom stereocenters. The molecule has 0 radical (unpaired) electrons. The van der Waals surface area contributed by atoms with Crippen LogP contribution in [0.5, 0.6) is 0 Å². The summed E-state index contributed by atoms with van der Waals surface area (Å²) >= 11 is 1.36. The molecule has 4 nitrogen and oxygen atoms in total. The van der Waals surface area contributed by atoms with Gasteiger partial charge in [-0.1, -0.05) is 50.3 Å². The minimum Gasteiger partial charge on any atom is -0.359 e. The number of hydrogen-bond acceptors (Lipinski definition) is 3. The van der Waals surface area contributed by atoms with Gasteiger partial charge in [0, 0.05) is 11.9 Å². The zero-order valence-corrected chi connectivity index (χ0v) is 16.1. The van der Waals surface area contributed by atoms with Crippen LogP contribution in [0.25, 0.3) is 10.2 Å². The van der Waals surface area contributed by atoms with Crippen molar-refractivity contribution >= 4 is 33.1 Å². The molecule has 1 aromatic carbocycles. The highest BCUT2D eigenvalue weighted by Gasteiger charge is 2.19. The molecule has 5 heteroatoms. The summed E-state index contributed by atoms with van der Waals surface area (Å²) in [6, 6.07) is 9.90. The normalized spacial score (nSPS) is 16.0. The van der Waals surface area contributed by atoms with E-state index in [4.69, 9.17) is 0 Å². The van der Waals surface area contributed by atoms with Crippen molar-refractivity contribution in [3.05, 3.63) is 63.3 Å². The van der Waals surface area contributed by atoms with Crippen LogP contribution in [0.3, 0.4) is 0 Å². The number of pyridine rings is 1. The smallest absolute Gasteiger partial charge is 0.261 e. The molecular formula is C22H24N2O2S. The third-order valence-electron chi connectivity index (χ3n) is 5.49. The van der Waals surface area contributed by atoms with Crippen molar-refractivity contribution in [2.45, 2.75) is 50.9 Å². The Labute approximate surface area is 162 Å². The average Bonchev–Trinajstić information content (AvgIpc) is 3.12. The van der Waals surface area contributed by atoms with Crippen LogP contribution >= 0.6 is 11.3 Å². The van der Waals surface area contributed by atoms with Crippen molar-refractivity contribution in [2.75, 3.05) is 5.32 Å². The number of hydrogen-bond donors (Lipinski definition) is 2. The first-order valence-electron chi connectivity index (χ1n) is 9.73. The number of para-hydroxylation sites is 1. The van der Waals surface area contributed by atoms with Crippen molar-refractivity contribution in [3.8, 4) is 0 Å². The van der Waals surface area contributed by atoms with Crippen molar-refractivity contribution in [3.63, 3.8) is 0 Å². The first-order chi connectivity index (χ1) is 13.2. The fraction of sp³-hybridized carbons (Fsp3) is 0.364. The molecule has 4 rings (SSSR count). The summed E-state index contributed by atoms with van der Waals surface area (Å²) in [7, 11) is 0. The predicted molar refractivity (Wildman–Crippen MR) is 112 cm³/mol. The Morgan fingerprint density at radius 3 is 2.59 bits per heavy atom. The molecule has 1 saturated carbocycles. The number of rotatable bonds is 3. The first-order valence-corrected chi connectivity index (χ1v) is 10.6. The SMILES string of the molecule is O=C(Nc1ccccc1C1CCCCCCC1)c1c[nH]c2ccsc2c1=O. The topological polar surface area (TPSA) is 62.0 Å². The van der Waals surface area contributed by atoms with Gasteiger partial charge in [-0.3, -0.25) is 9.59 Å². The van der Waals surface area contributed by atoms with Crippen LogP contribution in [-0.4, -0.2) is 10.9 Å². The predicted octanol–water partition coefficient (Wildman–Crippen LogP) is 5.67. The van der Waals surface area contributed by atoms with E-state index in [2.05, 4.69) is 16.4 Å². The zero-order chi connectivity index (χ0) is 18.6. The summed E-state index contributed by atoms with van der Waals surface area (Å²) in [6.07, 6.45) is 10.2. The second-order valence-corrected chi connectivity index (χ2v) is 8.19. The zero-order valence-electron chi connectivity index (χ0n) is 15.3. The number of amides is 1. The van der Waals surface area contributed by atoms with E-state index in [9.17, 15) is 9.59 Å². The summed E-state index contributed by atoms with van der Waals surface area (Å²) in [5, 5.41) is 4.86. The van der Waals surface area contributed by atoms with E-state index >= 15 is 0 Å². The number of nitrogens with one attached hydrogen (secondary N) is 2. The number of anilines is 1. The molecule has 1 fully saturated rings. The van der Waals surface area contributed by atoms with Crippen LogP contribution in [0.15, 0.2) is 46.7 Å². The van der Waals surface area contributed by atoms with Crippen molar-refractivity contribution in [2.24, 2.45) is 0 Å². The fourth-order valence-corrected chi connectivity index (χ4v) is 4.84. The van der Waals surface area contributed by atoms with Gasteiger partial charge in [0.15, 0.2) is 0 Å². The van der Waals surface area contributed by atoms with E-state index in [0.717, 1.165) is 24.0 Å². The molecule has 140 valence electrons. The monoisotopic (exact) mass is 380 g/mol. The lowest BCUT2D eigenvalue weighted by Gasteiger charge is -2.22. The highest BCUT2D eigenvalue weighted by molar-refractivity contribution is 7.17. The largest absolute Gasteiger partial charge is 0.359 e. The van der Waals surface area contributed by atoms with Gasteiger partial charge < -0.3 is 10.3 Å². The van der Waals surface area contributed by atoms with E-state index in [1.54, 1.807) is 0 Å². The van der Waals surface area contributed by atoms with Crippen LogP contribution in [0, 0.1) is 0 Å². The lowest BCUT2D eigenvalue weighted by Crippen LogP contribution is -2.22. The molecule has 1 aliphatic rings. The number of aromatic amines is 1. The number of thiophene rings is 1. The molecule has 0 unspecified atom stereocenters. The highest BCUT2D eigenvalue weighted by atomic mass is 32.1. The van der Waals surface area contributed by atoms with Gasteiger partial charge in [0.25, 0.3) is 5.91 Å². The summed E-state index contributed by atoms with van der Waals surface area (Å²) in [4.78, 5) is 28.5. The van der Waals surface area contributed by atoms with Gasteiger partial charge in [0.05, 0.1) is 10.2 Å². The van der Waals surface area contributed by atoms with Gasteiger partial charge in [-0.15, -0.1) is 11.3 Å². The third kappa shape index (κ3) is 3.83. The Morgan fingerprint density at radius 2 is 1.78 bits per heavy atom. The summed E-state index contributed by atoms with van der Waals surface area (Å²) in [5.41, 5.74) is 2.76. The van der Waals surface area contributed by atoms with E-state index in [0.29, 0.717) is 10.6 Å². The standard InChI is InChI=1S/C22H24N2O2S/c25-20-17(14-23-19-12-13-27-21(19)20)22(26)24-18-11-7-6-10-16(18)15-8-4-2-1-3-5-9-15/h6-7,10-15H,1-5,8-9H2,(H,23,25)(H,24,26). The minimum atomic E-state index is -0.343. The van der Waals surface area contributed by atoms with Crippen molar-refractivity contribution < 1.29 is 4.79 Å². The Kier molecular flexibility index (Phi) is 5.39. The second-order valence-electron chi connectivity index (χ2n) is 7.28. The van der Waals surface area contributed by atoms with E-state index in [1.807, 2.05) is 29.6 Å². The minimum absolute atomic E-state index is 0.164. The Balaban J connectivity index is 1.61. The number of carbonyl (C=O) groups excluding carboxylic acids is 1. The maximum atomic E-state index is 12.8. The summed E-state index contributed by atoms with van der Waals surface area (Å²) in [5.74, 6) is 0.129. The Morgan fingerprint density at radius 1 is 1.04 bits per heavy atom. The summed E-state index contributed by atoms with van der Waals surface area (Å²) in [6.45, 7) is 0. The van der Waals surface area contributed by atoms with Crippen molar-refractivity contribution in [1.82, 2.24) is 4.98 Å². The molecule has 0 spiro atoms. The molecule has 0 saturated heterocycles. The summed E-state index contributed by atoms with van der Waals surface area (Å²) < 4.78 is 0.593. The first kappa shape index (κ1) is 18.0. The average molecular weight is 381 g/mol. The highest BCUT2D eigenvalue weighted by Crippen LogP contribution is 2.35. The number of benzene rings is 1. The fourth-order valence-electron chi connectivity index (χ4n) is 4.03. The van der Waals surface area contributed by atoms with Gasteiger partial charge in [0.1, 0.15) is 5.56 Å². The lowest BCUT2D eigenvalue weighted by molar-refractivity contribution is 0.102. The second kappa shape index (κ2) is 8.09. The number of H-pyrrole nitrogens is 1. The van der Waals surface area contributed by atoms with Gasteiger partial charge in [-0.05, 0) is 41.8 Å². The maximum Gasteiger partial charge on any atom is 0.261 e. The maximum absolute atomic E-state index is 12.8. The van der Waals surface area contributed by atoms with Gasteiger partial charge in [-0.2, -0.15) is 0 Å². The van der Waals surface area contributed by atoms with Crippen LogP contribution in [-0.2, 0) is 0 Å². The van der Waals surface area contributed by atoms with Gasteiger partial charge in [0.2, 0.25) is 5.43 Å². The van der Waals surface area contributed by atoms with Gasteiger partial charge >= 0.3 is 0 Å². The number of carbonyl (C=O) groups is 1. The van der Waals surface area contributed by atoms with Gasteiger partial charge in [-0.25, -0.2) is 0 Å². The van der Waals surface area contributed by atoms with E-state index in [-0.39, 0.29) is 16.9 Å². The van der Waals surface area contributed by atoms with Crippen LogP contribution in [0.4, 0.5) is 5.69 Å².